The Labute approximate surface area is 239 Å². The van der Waals surface area contributed by atoms with E-state index in [1.54, 1.807) is 23.1 Å². The first kappa shape index (κ1) is 28.5. The van der Waals surface area contributed by atoms with Gasteiger partial charge in [-0.3, -0.25) is 9.59 Å². The highest BCUT2D eigenvalue weighted by atomic mass is 35.5. The minimum absolute atomic E-state index is 0.131. The Hall–Kier alpha value is -3.54. The maximum atomic E-state index is 13.9. The molecule has 0 aromatic heterocycles. The van der Waals surface area contributed by atoms with Crippen LogP contribution in [0.5, 0.6) is 5.75 Å². The van der Waals surface area contributed by atoms with Gasteiger partial charge in [0.1, 0.15) is 11.8 Å². The number of amides is 2. The van der Waals surface area contributed by atoms with Gasteiger partial charge in [-0.05, 0) is 41.1 Å². The molecule has 5 nitrogen and oxygen atoms in total. The first-order valence-electron chi connectivity index (χ1n) is 13.1. The van der Waals surface area contributed by atoms with Crippen LogP contribution in [0.4, 0.5) is 0 Å². The second-order valence-corrected chi connectivity index (χ2v) is 10.2. The maximum Gasteiger partial charge on any atom is 0.261 e. The molecule has 1 atom stereocenters. The first-order valence-corrected chi connectivity index (χ1v) is 13.9. The lowest BCUT2D eigenvalue weighted by Gasteiger charge is -2.32. The number of hydrogen-bond donors (Lipinski definition) is 1. The summed E-state index contributed by atoms with van der Waals surface area (Å²) in [5.41, 5.74) is 1.64. The lowest BCUT2D eigenvalue weighted by Crippen LogP contribution is -2.51. The van der Waals surface area contributed by atoms with Crippen LogP contribution in [0.15, 0.2) is 91.0 Å². The fourth-order valence-corrected chi connectivity index (χ4v) is 4.91. The summed E-state index contributed by atoms with van der Waals surface area (Å²) in [5, 5.41) is 5.88. The van der Waals surface area contributed by atoms with Crippen molar-refractivity contribution < 1.29 is 14.3 Å². The number of nitrogens with zero attached hydrogens (tertiary/aromatic N) is 1. The van der Waals surface area contributed by atoms with Crippen molar-refractivity contribution in [2.75, 3.05) is 13.2 Å². The summed E-state index contributed by atoms with van der Waals surface area (Å²) in [7, 11) is 0. The highest BCUT2D eigenvalue weighted by Crippen LogP contribution is 2.27. The minimum atomic E-state index is -0.764. The Kier molecular flexibility index (Phi) is 10.2. The zero-order valence-electron chi connectivity index (χ0n) is 21.9. The number of benzene rings is 4. The largest absolute Gasteiger partial charge is 0.483 e. The molecule has 4 rings (SSSR count). The molecule has 0 radical (unpaired) electrons. The van der Waals surface area contributed by atoms with E-state index >= 15 is 0 Å². The van der Waals surface area contributed by atoms with E-state index < -0.39 is 6.04 Å². The number of carbonyl (C=O) groups excluding carboxylic acids is 2. The van der Waals surface area contributed by atoms with Crippen molar-refractivity contribution in [1.82, 2.24) is 10.2 Å². The molecule has 0 fully saturated rings. The van der Waals surface area contributed by atoms with Crippen molar-refractivity contribution in [1.29, 1.82) is 0 Å². The fraction of sp³-hybridized carbons (Fsp3) is 0.250. The smallest absolute Gasteiger partial charge is 0.261 e. The molecular formula is C32H32Cl2N2O3. The summed E-state index contributed by atoms with van der Waals surface area (Å²) in [6.07, 6.45) is 2.15. The zero-order chi connectivity index (χ0) is 27.6. The van der Waals surface area contributed by atoms with Crippen LogP contribution in [0.3, 0.4) is 0 Å². The summed E-state index contributed by atoms with van der Waals surface area (Å²) in [6, 6.07) is 27.6. The van der Waals surface area contributed by atoms with Crippen LogP contribution in [0.1, 0.15) is 30.9 Å². The molecule has 4 aromatic carbocycles. The van der Waals surface area contributed by atoms with Gasteiger partial charge in [0.25, 0.3) is 5.91 Å². The van der Waals surface area contributed by atoms with Crippen LogP contribution in [0.2, 0.25) is 10.0 Å². The number of ether oxygens (including phenoxy) is 1. The number of fused-ring (bicyclic) bond motifs is 1. The Morgan fingerprint density at radius 2 is 1.67 bits per heavy atom. The average molecular weight is 564 g/mol. The molecule has 0 spiro atoms. The summed E-state index contributed by atoms with van der Waals surface area (Å²) in [5.74, 6) is 0.0781. The van der Waals surface area contributed by atoms with Gasteiger partial charge in [0.05, 0.1) is 0 Å². The molecule has 0 unspecified atom stereocenters. The highest BCUT2D eigenvalue weighted by molar-refractivity contribution is 6.35. The van der Waals surface area contributed by atoms with Crippen LogP contribution in [0, 0.1) is 0 Å². The van der Waals surface area contributed by atoms with Gasteiger partial charge in [-0.15, -0.1) is 0 Å². The molecule has 2 amide bonds. The molecule has 0 aliphatic carbocycles. The van der Waals surface area contributed by atoms with Crippen LogP contribution >= 0.6 is 23.2 Å². The number of rotatable bonds is 12. The van der Waals surface area contributed by atoms with Crippen LogP contribution < -0.4 is 10.1 Å². The summed E-state index contributed by atoms with van der Waals surface area (Å²) >= 11 is 12.6. The zero-order valence-corrected chi connectivity index (χ0v) is 23.4. The molecule has 0 bridgehead atoms. The summed E-state index contributed by atoms with van der Waals surface area (Å²) in [6.45, 7) is 2.51. The van der Waals surface area contributed by atoms with Crippen molar-refractivity contribution in [3.8, 4) is 5.75 Å². The van der Waals surface area contributed by atoms with Gasteiger partial charge in [0.2, 0.25) is 5.91 Å². The maximum absolute atomic E-state index is 13.9. The average Bonchev–Trinajstić information content (AvgIpc) is 2.95. The van der Waals surface area contributed by atoms with E-state index in [1.807, 2.05) is 72.8 Å². The molecule has 39 heavy (non-hydrogen) atoms. The summed E-state index contributed by atoms with van der Waals surface area (Å²) < 4.78 is 6.05. The van der Waals surface area contributed by atoms with Crippen molar-refractivity contribution >= 4 is 45.8 Å². The molecule has 202 valence electrons. The molecule has 0 aliphatic rings. The Morgan fingerprint density at radius 1 is 0.923 bits per heavy atom. The monoisotopic (exact) mass is 562 g/mol. The second kappa shape index (κ2) is 14.0. The Balaban J connectivity index is 1.65. The normalized spacial score (nSPS) is 11.7. The number of carbonyl (C=O) groups is 2. The lowest BCUT2D eigenvalue weighted by atomic mass is 10.0. The molecule has 4 aromatic rings. The first-order chi connectivity index (χ1) is 19.0. The van der Waals surface area contributed by atoms with E-state index in [-0.39, 0.29) is 25.0 Å². The third-order valence-electron chi connectivity index (χ3n) is 6.56. The molecule has 0 aliphatic heterocycles. The minimum Gasteiger partial charge on any atom is -0.483 e. The SMILES string of the molecule is CCCCNC(=O)[C@@H](Cc1ccccc1)N(Cc1ccc(Cl)cc1Cl)C(=O)COc1cccc2ccccc12. The van der Waals surface area contributed by atoms with Crippen molar-refractivity contribution in [3.63, 3.8) is 0 Å². The molecule has 0 heterocycles. The van der Waals surface area contributed by atoms with Gasteiger partial charge in [-0.2, -0.15) is 0 Å². The van der Waals surface area contributed by atoms with Gasteiger partial charge >= 0.3 is 0 Å². The molecule has 1 N–H and O–H groups in total. The topological polar surface area (TPSA) is 58.6 Å². The van der Waals surface area contributed by atoms with Crippen LogP contribution in [-0.4, -0.2) is 35.9 Å². The predicted octanol–water partition coefficient (Wildman–Crippen LogP) is 7.08. The molecule has 0 saturated heterocycles. The number of hydrogen-bond acceptors (Lipinski definition) is 3. The van der Waals surface area contributed by atoms with Gasteiger partial charge in [-0.1, -0.05) is 109 Å². The van der Waals surface area contributed by atoms with E-state index in [0.29, 0.717) is 34.3 Å². The van der Waals surface area contributed by atoms with E-state index in [9.17, 15) is 9.59 Å². The molecular weight excluding hydrogens is 531 g/mol. The van der Waals surface area contributed by atoms with Gasteiger partial charge < -0.3 is 15.0 Å². The van der Waals surface area contributed by atoms with Crippen LogP contribution in [0.25, 0.3) is 10.8 Å². The highest BCUT2D eigenvalue weighted by Gasteiger charge is 2.31. The van der Waals surface area contributed by atoms with Crippen molar-refractivity contribution in [2.24, 2.45) is 0 Å². The third kappa shape index (κ3) is 7.75. The van der Waals surface area contributed by atoms with E-state index in [2.05, 4.69) is 12.2 Å². The lowest BCUT2D eigenvalue weighted by molar-refractivity contribution is -0.142. The standard InChI is InChI=1S/C32H32Cl2N2O3/c1-2-3-18-35-32(38)29(19-23-10-5-4-6-11-23)36(21-25-16-17-26(33)20-28(25)34)31(37)22-39-30-15-9-13-24-12-7-8-14-27(24)30/h4-17,20,29H,2-3,18-19,21-22H2,1H3,(H,35,38)/t29-/m1/s1. The Morgan fingerprint density at radius 3 is 2.44 bits per heavy atom. The van der Waals surface area contributed by atoms with E-state index in [1.165, 1.54) is 0 Å². The van der Waals surface area contributed by atoms with Gasteiger partial charge in [0, 0.05) is 34.9 Å². The fourth-order valence-electron chi connectivity index (χ4n) is 4.44. The van der Waals surface area contributed by atoms with Crippen molar-refractivity contribution in [2.45, 2.75) is 38.8 Å². The third-order valence-corrected chi connectivity index (χ3v) is 7.14. The number of nitrogens with one attached hydrogen (secondary N) is 1. The van der Waals surface area contributed by atoms with Gasteiger partial charge in [0.15, 0.2) is 6.61 Å². The van der Waals surface area contributed by atoms with Crippen LogP contribution in [-0.2, 0) is 22.6 Å². The van der Waals surface area contributed by atoms with Gasteiger partial charge in [-0.25, -0.2) is 0 Å². The van der Waals surface area contributed by atoms with E-state index in [4.69, 9.17) is 27.9 Å². The summed E-state index contributed by atoms with van der Waals surface area (Å²) in [4.78, 5) is 29.0. The molecule has 0 saturated carbocycles. The van der Waals surface area contributed by atoms with E-state index in [0.717, 1.165) is 29.2 Å². The second-order valence-electron chi connectivity index (χ2n) is 9.37. The van der Waals surface area contributed by atoms with Crippen molar-refractivity contribution in [3.05, 3.63) is 112 Å². The Bertz CT molecular complexity index is 1410. The predicted molar refractivity (Wildman–Crippen MR) is 158 cm³/mol. The number of halogens is 2. The number of unbranched alkanes of at least 4 members (excludes halogenated alkanes) is 1. The molecule has 7 heteroatoms. The quantitative estimate of drug-likeness (QED) is 0.188.